The van der Waals surface area contributed by atoms with Gasteiger partial charge in [0, 0.05) is 13.0 Å². The molecule has 1 heterocycles. The summed E-state index contributed by atoms with van der Waals surface area (Å²) in [7, 11) is 0. The Labute approximate surface area is 54.0 Å². The normalized spacial score (nSPS) is 19.3. The quantitative estimate of drug-likeness (QED) is 0.521. The highest BCUT2D eigenvalue weighted by Crippen LogP contribution is 2.02. The maximum Gasteiger partial charge on any atom is 0.219 e. The highest BCUT2D eigenvalue weighted by molar-refractivity contribution is 5.75. The Balaban J connectivity index is 0.000000640. The molecule has 0 saturated carbocycles. The van der Waals surface area contributed by atoms with E-state index in [2.05, 4.69) is 5.32 Å². The van der Waals surface area contributed by atoms with Crippen LogP contribution in [0.1, 0.15) is 25.7 Å². The van der Waals surface area contributed by atoms with Crippen molar-refractivity contribution < 1.29 is 9.50 Å². The lowest BCUT2D eigenvalue weighted by atomic mass is 10.2. The first-order valence-corrected chi connectivity index (χ1v) is 3.16. The minimum atomic E-state index is 0. The lowest BCUT2D eigenvalue weighted by Gasteiger charge is -1.93. The molecule has 0 radical (unpaired) electrons. The molecule has 2 nitrogen and oxygen atoms in total. The first kappa shape index (κ1) is 8.40. The smallest absolute Gasteiger partial charge is 0.219 e. The topological polar surface area (TPSA) is 29.1 Å². The van der Waals surface area contributed by atoms with Gasteiger partial charge in [0.2, 0.25) is 5.91 Å². The summed E-state index contributed by atoms with van der Waals surface area (Å²) in [5.41, 5.74) is 0. The molecule has 54 valence electrons. The third-order valence-corrected chi connectivity index (χ3v) is 1.40. The van der Waals surface area contributed by atoms with Crippen LogP contribution in [-0.4, -0.2) is 12.5 Å². The van der Waals surface area contributed by atoms with Crippen molar-refractivity contribution in [1.82, 2.24) is 5.32 Å². The maximum atomic E-state index is 10.6. The lowest BCUT2D eigenvalue weighted by Crippen LogP contribution is -2.21. The van der Waals surface area contributed by atoms with Crippen LogP contribution in [0.4, 0.5) is 4.70 Å². The van der Waals surface area contributed by atoms with Crippen molar-refractivity contribution in [1.29, 1.82) is 0 Å². The zero-order valence-electron chi connectivity index (χ0n) is 5.35. The number of carbonyl (C=O) groups is 1. The van der Waals surface area contributed by atoms with Crippen molar-refractivity contribution in [3.63, 3.8) is 0 Å². The van der Waals surface area contributed by atoms with Gasteiger partial charge in [0.1, 0.15) is 0 Å². The molecule has 3 heteroatoms. The van der Waals surface area contributed by atoms with Crippen LogP contribution < -0.4 is 5.32 Å². The van der Waals surface area contributed by atoms with Gasteiger partial charge in [-0.05, 0) is 12.8 Å². The summed E-state index contributed by atoms with van der Waals surface area (Å²) in [6.45, 7) is 0.888. The second-order valence-electron chi connectivity index (χ2n) is 2.16. The third-order valence-electron chi connectivity index (χ3n) is 1.40. The summed E-state index contributed by atoms with van der Waals surface area (Å²) in [4.78, 5) is 10.6. The Morgan fingerprint density at radius 3 is 2.78 bits per heavy atom. The predicted molar refractivity (Wildman–Crippen MR) is 34.0 cm³/mol. The fourth-order valence-electron chi connectivity index (χ4n) is 0.904. The van der Waals surface area contributed by atoms with Crippen molar-refractivity contribution >= 4 is 5.91 Å². The van der Waals surface area contributed by atoms with E-state index in [0.717, 1.165) is 25.8 Å². The van der Waals surface area contributed by atoms with E-state index in [1.54, 1.807) is 0 Å². The monoisotopic (exact) mass is 133 g/mol. The molecule has 0 aliphatic carbocycles. The number of hydrogen-bond donors (Lipinski definition) is 1. The largest absolute Gasteiger partial charge is 0.356 e. The van der Waals surface area contributed by atoms with Crippen molar-refractivity contribution in [2.45, 2.75) is 25.7 Å². The van der Waals surface area contributed by atoms with Crippen LogP contribution in [0.2, 0.25) is 0 Å². The SMILES string of the molecule is F.O=C1CCCCCN1. The Hall–Kier alpha value is -0.600. The molecule has 0 unspecified atom stereocenters. The van der Waals surface area contributed by atoms with E-state index in [1.165, 1.54) is 6.42 Å². The molecule has 1 rings (SSSR count). The lowest BCUT2D eigenvalue weighted by molar-refractivity contribution is -0.120. The number of hydrogen-bond acceptors (Lipinski definition) is 1. The first-order chi connectivity index (χ1) is 3.89. The fraction of sp³-hybridized carbons (Fsp3) is 0.833. The highest BCUT2D eigenvalue weighted by atomic mass is 19.0. The Morgan fingerprint density at radius 1 is 1.22 bits per heavy atom. The number of carbonyl (C=O) groups excluding carboxylic acids is 1. The molecule has 0 bridgehead atoms. The van der Waals surface area contributed by atoms with Crippen LogP contribution in [0.25, 0.3) is 0 Å². The Kier molecular flexibility index (Phi) is 4.01. The van der Waals surface area contributed by atoms with E-state index >= 15 is 0 Å². The van der Waals surface area contributed by atoms with Crippen molar-refractivity contribution in [2.24, 2.45) is 0 Å². The van der Waals surface area contributed by atoms with E-state index in [4.69, 9.17) is 0 Å². The summed E-state index contributed by atoms with van der Waals surface area (Å²) in [5.74, 6) is 0.225. The zero-order chi connectivity index (χ0) is 5.82. The third kappa shape index (κ3) is 3.06. The molecule has 9 heavy (non-hydrogen) atoms. The van der Waals surface area contributed by atoms with E-state index in [-0.39, 0.29) is 10.6 Å². The average Bonchev–Trinajstić information content (AvgIpc) is 1.94. The van der Waals surface area contributed by atoms with Gasteiger partial charge in [-0.15, -0.1) is 0 Å². The van der Waals surface area contributed by atoms with Gasteiger partial charge in [-0.2, -0.15) is 0 Å². The molecule has 1 N–H and O–H groups in total. The maximum absolute atomic E-state index is 10.6. The van der Waals surface area contributed by atoms with Crippen LogP contribution in [0.5, 0.6) is 0 Å². The van der Waals surface area contributed by atoms with E-state index in [0.29, 0.717) is 0 Å². The molecule has 0 atom stereocenters. The number of nitrogens with one attached hydrogen (secondary N) is 1. The molecule has 1 aliphatic rings. The highest BCUT2D eigenvalue weighted by Gasteiger charge is 2.03. The van der Waals surface area contributed by atoms with Gasteiger partial charge in [-0.1, -0.05) is 6.42 Å². The molecule has 0 aromatic carbocycles. The van der Waals surface area contributed by atoms with Gasteiger partial charge in [-0.3, -0.25) is 9.50 Å². The molecule has 1 fully saturated rings. The molecule has 0 spiro atoms. The Bertz CT molecular complexity index is 85.1. The van der Waals surface area contributed by atoms with Crippen LogP contribution in [0.15, 0.2) is 0 Å². The standard InChI is InChI=1S/C6H11NO.FH/c8-6-4-2-1-3-5-7-6;/h1-5H2,(H,7,8);1H. The zero-order valence-corrected chi connectivity index (χ0v) is 5.35. The van der Waals surface area contributed by atoms with Gasteiger partial charge in [-0.25, -0.2) is 0 Å². The summed E-state index contributed by atoms with van der Waals surface area (Å²) < 4.78 is 0. The molecule has 0 aromatic rings. The first-order valence-electron chi connectivity index (χ1n) is 3.16. The summed E-state index contributed by atoms with van der Waals surface area (Å²) >= 11 is 0. The average molecular weight is 133 g/mol. The van der Waals surface area contributed by atoms with E-state index in [1.807, 2.05) is 0 Å². The summed E-state index contributed by atoms with van der Waals surface area (Å²) in [5, 5.41) is 2.81. The van der Waals surface area contributed by atoms with Crippen molar-refractivity contribution in [3.05, 3.63) is 0 Å². The number of rotatable bonds is 0. The second kappa shape index (κ2) is 4.30. The second-order valence-corrected chi connectivity index (χ2v) is 2.16. The number of halogens is 1. The summed E-state index contributed by atoms with van der Waals surface area (Å²) in [6.07, 6.45) is 4.18. The van der Waals surface area contributed by atoms with Gasteiger partial charge in [0.25, 0.3) is 0 Å². The van der Waals surface area contributed by atoms with Crippen LogP contribution >= 0.6 is 0 Å². The van der Waals surface area contributed by atoms with Crippen molar-refractivity contribution in [3.8, 4) is 0 Å². The Morgan fingerprint density at radius 2 is 2.00 bits per heavy atom. The molecule has 1 aliphatic heterocycles. The summed E-state index contributed by atoms with van der Waals surface area (Å²) in [6, 6.07) is 0. The van der Waals surface area contributed by atoms with E-state index in [9.17, 15) is 4.79 Å². The van der Waals surface area contributed by atoms with E-state index < -0.39 is 0 Å². The van der Waals surface area contributed by atoms with Crippen LogP contribution in [0.3, 0.4) is 0 Å². The molecule has 1 saturated heterocycles. The molecule has 0 aromatic heterocycles. The number of amides is 1. The van der Waals surface area contributed by atoms with Crippen LogP contribution in [0, 0.1) is 0 Å². The van der Waals surface area contributed by atoms with Gasteiger partial charge < -0.3 is 5.32 Å². The molecule has 1 amide bonds. The minimum Gasteiger partial charge on any atom is -0.356 e. The van der Waals surface area contributed by atoms with Crippen molar-refractivity contribution in [2.75, 3.05) is 6.54 Å². The molecular formula is C6H12FNO. The fourth-order valence-corrected chi connectivity index (χ4v) is 0.904. The van der Waals surface area contributed by atoms with Gasteiger partial charge >= 0.3 is 0 Å². The van der Waals surface area contributed by atoms with Crippen LogP contribution in [-0.2, 0) is 4.79 Å². The van der Waals surface area contributed by atoms with Gasteiger partial charge in [0.15, 0.2) is 0 Å². The minimum absolute atomic E-state index is 0. The predicted octanol–water partition coefficient (Wildman–Crippen LogP) is 0.829. The van der Waals surface area contributed by atoms with Gasteiger partial charge in [0.05, 0.1) is 0 Å². The molecular weight excluding hydrogens is 121 g/mol.